The molecule has 13 heavy (non-hydrogen) atoms. The van der Waals surface area contributed by atoms with E-state index in [4.69, 9.17) is 17.3 Å². The van der Waals surface area contributed by atoms with Crippen molar-refractivity contribution in [1.82, 2.24) is 0 Å². The molecule has 0 radical (unpaired) electrons. The Bertz CT molecular complexity index is 416. The number of rotatable bonds is 2. The van der Waals surface area contributed by atoms with Crippen LogP contribution in [-0.2, 0) is 14.3 Å². The zero-order chi connectivity index (χ0) is 10.1. The molecule has 0 aliphatic carbocycles. The van der Waals surface area contributed by atoms with Crippen molar-refractivity contribution in [2.75, 3.05) is 12.8 Å². The van der Waals surface area contributed by atoms with Crippen molar-refractivity contribution in [2.24, 2.45) is 0 Å². The Labute approximate surface area is 81.4 Å². The Hall–Kier alpha value is -0.780. The topological polar surface area (TPSA) is 69.4 Å². The summed E-state index contributed by atoms with van der Waals surface area (Å²) in [7, 11) is -2.70. The molecular weight excluding hydrogens is 214 g/mol. The first-order valence-electron chi connectivity index (χ1n) is 3.33. The summed E-state index contributed by atoms with van der Waals surface area (Å²) in [5.74, 6) is 0. The number of hydrogen-bond acceptors (Lipinski definition) is 4. The molecular formula is C7H8ClNO3S. The summed E-state index contributed by atoms with van der Waals surface area (Å²) >= 11 is 5.60. The van der Waals surface area contributed by atoms with E-state index in [2.05, 4.69) is 4.18 Å². The Morgan fingerprint density at radius 1 is 1.46 bits per heavy atom. The van der Waals surface area contributed by atoms with Crippen LogP contribution in [0.2, 0.25) is 5.02 Å². The summed E-state index contributed by atoms with van der Waals surface area (Å²) in [5.41, 5.74) is 5.55. The maximum Gasteiger partial charge on any atom is 0.298 e. The molecule has 0 atom stereocenters. The molecule has 0 heterocycles. The highest BCUT2D eigenvalue weighted by molar-refractivity contribution is 7.87. The lowest BCUT2D eigenvalue weighted by atomic mass is 10.3. The van der Waals surface area contributed by atoms with Gasteiger partial charge in [-0.2, -0.15) is 8.42 Å². The van der Waals surface area contributed by atoms with Crippen LogP contribution < -0.4 is 5.73 Å². The van der Waals surface area contributed by atoms with E-state index >= 15 is 0 Å². The van der Waals surface area contributed by atoms with Gasteiger partial charge in [0.05, 0.1) is 12.8 Å². The minimum Gasteiger partial charge on any atom is -0.398 e. The van der Waals surface area contributed by atoms with Gasteiger partial charge in [-0.05, 0) is 18.2 Å². The minimum atomic E-state index is -3.76. The molecule has 2 N–H and O–H groups in total. The Balaban J connectivity index is 3.38. The van der Waals surface area contributed by atoms with Crippen LogP contribution in [0.15, 0.2) is 23.1 Å². The van der Waals surface area contributed by atoms with Crippen LogP contribution in [0.25, 0.3) is 0 Å². The van der Waals surface area contributed by atoms with E-state index in [0.29, 0.717) is 5.02 Å². The largest absolute Gasteiger partial charge is 0.398 e. The van der Waals surface area contributed by atoms with E-state index < -0.39 is 10.1 Å². The summed E-state index contributed by atoms with van der Waals surface area (Å²) in [6.45, 7) is 0. The first kappa shape index (κ1) is 10.3. The van der Waals surface area contributed by atoms with Crippen LogP contribution in [-0.4, -0.2) is 15.5 Å². The number of nitrogen functional groups attached to an aromatic ring is 1. The second kappa shape index (κ2) is 3.53. The standard InChI is InChI=1S/C7H8ClNO3S/c1-12-13(10,11)7-4-5(8)2-3-6(7)9/h2-4H,9H2,1H3. The van der Waals surface area contributed by atoms with Crippen LogP contribution in [0, 0.1) is 0 Å². The average Bonchev–Trinajstić information content (AvgIpc) is 2.09. The first-order chi connectivity index (χ1) is 5.97. The highest BCUT2D eigenvalue weighted by Crippen LogP contribution is 2.23. The van der Waals surface area contributed by atoms with Crippen molar-refractivity contribution >= 4 is 27.4 Å². The summed E-state index contributed by atoms with van der Waals surface area (Å²) in [5, 5.41) is 0.296. The average molecular weight is 222 g/mol. The molecule has 0 saturated heterocycles. The monoisotopic (exact) mass is 221 g/mol. The molecule has 0 saturated carbocycles. The van der Waals surface area contributed by atoms with Crippen LogP contribution in [0.4, 0.5) is 5.69 Å². The van der Waals surface area contributed by atoms with Crippen molar-refractivity contribution in [2.45, 2.75) is 4.90 Å². The Kier molecular flexibility index (Phi) is 2.80. The lowest BCUT2D eigenvalue weighted by Gasteiger charge is -2.04. The third-order valence-corrected chi connectivity index (χ3v) is 3.03. The summed E-state index contributed by atoms with van der Waals surface area (Å²) in [4.78, 5) is -0.109. The second-order valence-electron chi connectivity index (χ2n) is 2.30. The normalized spacial score (nSPS) is 11.5. The molecule has 0 aromatic heterocycles. The fourth-order valence-electron chi connectivity index (χ4n) is 0.814. The van der Waals surface area contributed by atoms with Gasteiger partial charge in [-0.3, -0.25) is 4.18 Å². The molecule has 0 spiro atoms. The molecule has 4 nitrogen and oxygen atoms in total. The van der Waals surface area contributed by atoms with Crippen LogP contribution >= 0.6 is 11.6 Å². The van der Waals surface area contributed by atoms with Gasteiger partial charge in [0.25, 0.3) is 10.1 Å². The van der Waals surface area contributed by atoms with Crippen molar-refractivity contribution in [3.8, 4) is 0 Å². The molecule has 0 fully saturated rings. The summed E-state index contributed by atoms with van der Waals surface area (Å²) in [6, 6.07) is 4.16. The maximum absolute atomic E-state index is 11.2. The molecule has 6 heteroatoms. The number of benzene rings is 1. The molecule has 0 unspecified atom stereocenters. The van der Waals surface area contributed by atoms with Gasteiger partial charge in [0, 0.05) is 5.02 Å². The van der Waals surface area contributed by atoms with Crippen molar-refractivity contribution in [3.63, 3.8) is 0 Å². The molecule has 0 amide bonds. The van der Waals surface area contributed by atoms with Gasteiger partial charge in [0.15, 0.2) is 0 Å². The lowest BCUT2D eigenvalue weighted by Crippen LogP contribution is -2.06. The van der Waals surface area contributed by atoms with Gasteiger partial charge in [-0.25, -0.2) is 0 Å². The minimum absolute atomic E-state index is 0.109. The SMILES string of the molecule is COS(=O)(=O)c1cc(Cl)ccc1N. The number of nitrogens with two attached hydrogens (primary N) is 1. The van der Waals surface area contributed by atoms with E-state index in [-0.39, 0.29) is 10.6 Å². The zero-order valence-electron chi connectivity index (χ0n) is 6.82. The predicted molar refractivity (Wildman–Crippen MR) is 50.1 cm³/mol. The van der Waals surface area contributed by atoms with Crippen LogP contribution in [0.3, 0.4) is 0 Å². The number of hydrogen-bond donors (Lipinski definition) is 1. The Morgan fingerprint density at radius 2 is 2.08 bits per heavy atom. The van der Waals surface area contributed by atoms with Gasteiger partial charge < -0.3 is 5.73 Å². The van der Waals surface area contributed by atoms with Gasteiger partial charge in [0.1, 0.15) is 4.90 Å². The van der Waals surface area contributed by atoms with Crippen molar-refractivity contribution in [3.05, 3.63) is 23.2 Å². The van der Waals surface area contributed by atoms with E-state index in [9.17, 15) is 8.42 Å². The lowest BCUT2D eigenvalue weighted by molar-refractivity contribution is 0.398. The zero-order valence-corrected chi connectivity index (χ0v) is 8.39. The van der Waals surface area contributed by atoms with Gasteiger partial charge in [-0.15, -0.1) is 0 Å². The second-order valence-corrected chi connectivity index (χ2v) is 4.42. The van der Waals surface area contributed by atoms with Crippen LogP contribution in [0.1, 0.15) is 0 Å². The fourth-order valence-corrected chi connectivity index (χ4v) is 1.86. The Morgan fingerprint density at radius 3 is 2.62 bits per heavy atom. The predicted octanol–water partition coefficient (Wildman–Crippen LogP) is 1.26. The highest BCUT2D eigenvalue weighted by atomic mass is 35.5. The molecule has 0 bridgehead atoms. The molecule has 1 aromatic carbocycles. The van der Waals surface area contributed by atoms with E-state index in [1.807, 2.05) is 0 Å². The fraction of sp³-hybridized carbons (Fsp3) is 0.143. The quantitative estimate of drug-likeness (QED) is 0.603. The van der Waals surface area contributed by atoms with E-state index in [1.54, 1.807) is 0 Å². The van der Waals surface area contributed by atoms with Gasteiger partial charge >= 0.3 is 0 Å². The first-order valence-corrected chi connectivity index (χ1v) is 5.11. The third kappa shape index (κ3) is 2.12. The van der Waals surface area contributed by atoms with Crippen molar-refractivity contribution < 1.29 is 12.6 Å². The van der Waals surface area contributed by atoms with Crippen molar-refractivity contribution in [1.29, 1.82) is 0 Å². The molecule has 72 valence electrons. The maximum atomic E-state index is 11.2. The third-order valence-electron chi connectivity index (χ3n) is 1.46. The highest BCUT2D eigenvalue weighted by Gasteiger charge is 2.16. The number of halogens is 1. The molecule has 1 aromatic rings. The number of anilines is 1. The summed E-state index contributed by atoms with van der Waals surface area (Å²) < 4.78 is 26.7. The van der Waals surface area contributed by atoms with Crippen LogP contribution in [0.5, 0.6) is 0 Å². The van der Waals surface area contributed by atoms with E-state index in [1.165, 1.54) is 18.2 Å². The van der Waals surface area contributed by atoms with E-state index in [0.717, 1.165) is 7.11 Å². The smallest absolute Gasteiger partial charge is 0.298 e. The summed E-state index contributed by atoms with van der Waals surface area (Å²) in [6.07, 6.45) is 0. The molecule has 0 aliphatic heterocycles. The molecule has 1 rings (SSSR count). The van der Waals surface area contributed by atoms with Gasteiger partial charge in [-0.1, -0.05) is 11.6 Å². The van der Waals surface area contributed by atoms with Gasteiger partial charge in [0.2, 0.25) is 0 Å². The molecule has 0 aliphatic rings.